The SMILES string of the molecule is Cc1onc(N=C(N)N(C)C(=N)N)c1C. The zero-order valence-electron chi connectivity index (χ0n) is 8.90. The lowest BCUT2D eigenvalue weighted by Gasteiger charge is -2.14. The third-order valence-electron chi connectivity index (χ3n) is 2.06. The van der Waals surface area contributed by atoms with Crippen molar-refractivity contribution in [2.75, 3.05) is 7.05 Å². The number of rotatable bonds is 1. The van der Waals surface area contributed by atoms with E-state index < -0.39 is 0 Å². The molecule has 0 amide bonds. The second kappa shape index (κ2) is 3.99. The van der Waals surface area contributed by atoms with Crippen LogP contribution in [0, 0.1) is 19.3 Å². The van der Waals surface area contributed by atoms with Gasteiger partial charge < -0.3 is 16.0 Å². The molecule has 0 spiro atoms. The van der Waals surface area contributed by atoms with Crippen LogP contribution < -0.4 is 11.5 Å². The average molecular weight is 210 g/mol. The molecule has 0 unspecified atom stereocenters. The molecule has 1 aromatic heterocycles. The van der Waals surface area contributed by atoms with Crippen LogP contribution in [0.15, 0.2) is 9.52 Å². The van der Waals surface area contributed by atoms with Crippen LogP contribution in [0.2, 0.25) is 0 Å². The number of nitrogens with zero attached hydrogens (tertiary/aromatic N) is 3. The number of aryl methyl sites for hydroxylation is 1. The topological polar surface area (TPSA) is 118 Å². The second-order valence-corrected chi connectivity index (χ2v) is 3.10. The maximum absolute atomic E-state index is 7.15. The Bertz CT molecular complexity index is 407. The first-order valence-electron chi connectivity index (χ1n) is 4.28. The largest absolute Gasteiger partial charge is 0.370 e. The van der Waals surface area contributed by atoms with E-state index in [4.69, 9.17) is 21.4 Å². The molecule has 0 radical (unpaired) electrons. The predicted molar refractivity (Wildman–Crippen MR) is 56.9 cm³/mol. The summed E-state index contributed by atoms with van der Waals surface area (Å²) in [5.41, 5.74) is 11.7. The van der Waals surface area contributed by atoms with Crippen molar-refractivity contribution in [2.45, 2.75) is 13.8 Å². The van der Waals surface area contributed by atoms with E-state index in [9.17, 15) is 0 Å². The van der Waals surface area contributed by atoms with Crippen LogP contribution in [0.25, 0.3) is 0 Å². The molecule has 0 aliphatic rings. The first-order valence-corrected chi connectivity index (χ1v) is 4.28. The molecule has 1 aromatic rings. The van der Waals surface area contributed by atoms with Crippen molar-refractivity contribution in [3.8, 4) is 0 Å². The van der Waals surface area contributed by atoms with E-state index in [0.717, 1.165) is 5.56 Å². The summed E-state index contributed by atoms with van der Waals surface area (Å²) in [4.78, 5) is 5.23. The van der Waals surface area contributed by atoms with Crippen LogP contribution in [0.1, 0.15) is 11.3 Å². The minimum atomic E-state index is -0.186. The normalized spacial score (nSPS) is 11.5. The van der Waals surface area contributed by atoms with Gasteiger partial charge in [0.25, 0.3) is 0 Å². The predicted octanol–water partition coefficient (Wildman–Crippen LogP) is 0.0629. The van der Waals surface area contributed by atoms with Gasteiger partial charge in [-0.1, -0.05) is 5.16 Å². The Hall–Kier alpha value is -2.05. The molecule has 5 N–H and O–H groups in total. The molecule has 7 nitrogen and oxygen atoms in total. The fraction of sp³-hybridized carbons (Fsp3) is 0.375. The van der Waals surface area contributed by atoms with E-state index in [-0.39, 0.29) is 11.9 Å². The molecule has 0 aliphatic heterocycles. The van der Waals surface area contributed by atoms with Crippen molar-refractivity contribution < 1.29 is 4.52 Å². The molecule has 0 fully saturated rings. The number of guanidine groups is 2. The highest BCUT2D eigenvalue weighted by Gasteiger charge is 2.10. The number of hydrogen-bond donors (Lipinski definition) is 3. The number of hydrogen-bond acceptors (Lipinski definition) is 4. The average Bonchev–Trinajstić information content (AvgIpc) is 2.48. The van der Waals surface area contributed by atoms with Gasteiger partial charge >= 0.3 is 0 Å². The first kappa shape index (κ1) is 11.0. The zero-order chi connectivity index (χ0) is 11.6. The van der Waals surface area contributed by atoms with Gasteiger partial charge in [0.2, 0.25) is 11.8 Å². The van der Waals surface area contributed by atoms with E-state index in [1.165, 1.54) is 4.90 Å². The van der Waals surface area contributed by atoms with E-state index >= 15 is 0 Å². The molecule has 15 heavy (non-hydrogen) atoms. The highest BCUT2D eigenvalue weighted by Crippen LogP contribution is 2.19. The summed E-state index contributed by atoms with van der Waals surface area (Å²) in [5.74, 6) is 0.998. The first-order chi connectivity index (χ1) is 6.93. The second-order valence-electron chi connectivity index (χ2n) is 3.10. The summed E-state index contributed by atoms with van der Waals surface area (Å²) in [7, 11) is 1.55. The molecule has 0 aliphatic carbocycles. The Morgan fingerprint density at radius 2 is 2.07 bits per heavy atom. The Balaban J connectivity index is 2.97. The molecule has 0 atom stereocenters. The Morgan fingerprint density at radius 1 is 1.47 bits per heavy atom. The lowest BCUT2D eigenvalue weighted by Crippen LogP contribution is -2.42. The van der Waals surface area contributed by atoms with Crippen molar-refractivity contribution >= 4 is 17.7 Å². The quantitative estimate of drug-likeness (QED) is 0.447. The van der Waals surface area contributed by atoms with E-state index in [1.807, 2.05) is 6.92 Å². The van der Waals surface area contributed by atoms with Gasteiger partial charge in [-0.25, -0.2) is 0 Å². The fourth-order valence-electron chi connectivity index (χ4n) is 0.817. The smallest absolute Gasteiger partial charge is 0.204 e. The molecule has 0 bridgehead atoms. The van der Waals surface area contributed by atoms with Gasteiger partial charge in [-0.05, 0) is 13.8 Å². The standard InChI is InChI=1S/C8H14N6O/c1-4-5(2)15-13-6(4)12-8(11)14(3)7(9)10/h1-3H3,(H3,9,10)(H2,11,12,13). The lowest BCUT2D eigenvalue weighted by molar-refractivity contribution is 0.398. The summed E-state index contributed by atoms with van der Waals surface area (Å²) >= 11 is 0. The minimum Gasteiger partial charge on any atom is -0.370 e. The van der Waals surface area contributed by atoms with Gasteiger partial charge in [0.15, 0.2) is 5.96 Å². The Morgan fingerprint density at radius 3 is 2.47 bits per heavy atom. The number of aromatic nitrogens is 1. The fourth-order valence-corrected chi connectivity index (χ4v) is 0.817. The zero-order valence-corrected chi connectivity index (χ0v) is 8.90. The number of nitrogens with two attached hydrogens (primary N) is 2. The van der Waals surface area contributed by atoms with Gasteiger partial charge in [-0.2, -0.15) is 4.99 Å². The molecule has 1 rings (SSSR count). The van der Waals surface area contributed by atoms with Crippen molar-refractivity contribution in [2.24, 2.45) is 16.5 Å². The molecule has 0 saturated heterocycles. The van der Waals surface area contributed by atoms with Crippen LogP contribution in [0.4, 0.5) is 5.82 Å². The third kappa shape index (κ3) is 2.25. The van der Waals surface area contributed by atoms with Crippen LogP contribution in [-0.4, -0.2) is 29.0 Å². The van der Waals surface area contributed by atoms with E-state index in [0.29, 0.717) is 11.6 Å². The molecule has 82 valence electrons. The molecule has 0 aromatic carbocycles. The van der Waals surface area contributed by atoms with Gasteiger partial charge in [0.05, 0.1) is 0 Å². The van der Waals surface area contributed by atoms with Gasteiger partial charge in [0, 0.05) is 12.6 Å². The molecule has 0 saturated carbocycles. The van der Waals surface area contributed by atoms with E-state index in [1.54, 1.807) is 14.0 Å². The summed E-state index contributed by atoms with van der Waals surface area (Å²) in [6.45, 7) is 3.61. The van der Waals surface area contributed by atoms with Gasteiger partial charge in [-0.15, -0.1) is 0 Å². The third-order valence-corrected chi connectivity index (χ3v) is 2.06. The lowest BCUT2D eigenvalue weighted by atomic mass is 10.3. The van der Waals surface area contributed by atoms with Crippen LogP contribution >= 0.6 is 0 Å². The molecule has 7 heteroatoms. The molecular formula is C8H14N6O. The van der Waals surface area contributed by atoms with Crippen molar-refractivity contribution in [1.82, 2.24) is 10.1 Å². The Kier molecular flexibility index (Phi) is 2.93. The van der Waals surface area contributed by atoms with Crippen molar-refractivity contribution in [1.29, 1.82) is 5.41 Å². The highest BCUT2D eigenvalue weighted by molar-refractivity contribution is 5.96. The van der Waals surface area contributed by atoms with Crippen LogP contribution in [0.5, 0.6) is 0 Å². The molecular weight excluding hydrogens is 196 g/mol. The van der Waals surface area contributed by atoms with Gasteiger partial charge in [0.1, 0.15) is 5.76 Å². The van der Waals surface area contributed by atoms with E-state index in [2.05, 4.69) is 10.1 Å². The van der Waals surface area contributed by atoms with Crippen LogP contribution in [-0.2, 0) is 0 Å². The maximum atomic E-state index is 7.15. The van der Waals surface area contributed by atoms with Crippen molar-refractivity contribution in [3.63, 3.8) is 0 Å². The number of aliphatic imine (C=N–C) groups is 1. The summed E-state index contributed by atoms with van der Waals surface area (Å²) in [6.07, 6.45) is 0. The highest BCUT2D eigenvalue weighted by atomic mass is 16.5. The monoisotopic (exact) mass is 210 g/mol. The summed E-state index contributed by atoms with van der Waals surface area (Å²) in [6, 6.07) is 0. The number of nitrogens with one attached hydrogen (secondary N) is 1. The Labute approximate surface area is 87.2 Å². The maximum Gasteiger partial charge on any atom is 0.204 e. The summed E-state index contributed by atoms with van der Waals surface area (Å²) in [5, 5.41) is 10.9. The van der Waals surface area contributed by atoms with Crippen molar-refractivity contribution in [3.05, 3.63) is 11.3 Å². The van der Waals surface area contributed by atoms with Crippen LogP contribution in [0.3, 0.4) is 0 Å². The minimum absolute atomic E-state index is 0.0962. The van der Waals surface area contributed by atoms with Gasteiger partial charge in [-0.3, -0.25) is 10.3 Å². The summed E-state index contributed by atoms with van der Waals surface area (Å²) < 4.78 is 4.92. The molecule has 1 heterocycles.